The lowest BCUT2D eigenvalue weighted by molar-refractivity contribution is -0.394. The van der Waals surface area contributed by atoms with Gasteiger partial charge in [-0.15, -0.1) is 0 Å². The highest BCUT2D eigenvalue weighted by atomic mass is 35.5. The smallest absolute Gasteiger partial charge is 0.258 e. The van der Waals surface area contributed by atoms with Gasteiger partial charge in [0.25, 0.3) is 22.7 Å². The van der Waals surface area contributed by atoms with Gasteiger partial charge in [-0.2, -0.15) is 0 Å². The summed E-state index contributed by atoms with van der Waals surface area (Å²) in [5.41, 5.74) is -2.59. The third-order valence-electron chi connectivity index (χ3n) is 3.38. The predicted octanol–water partition coefficient (Wildman–Crippen LogP) is 3.56. The second kappa shape index (κ2) is 7.06. The fourth-order valence-corrected chi connectivity index (χ4v) is 2.45. The minimum atomic E-state index is -0.914. The zero-order valence-corrected chi connectivity index (χ0v) is 13.3. The molecule has 2 aromatic carbocycles. The van der Waals surface area contributed by atoms with Gasteiger partial charge in [0.1, 0.15) is 5.02 Å². The molecule has 0 heterocycles. The Kier molecular flexibility index (Phi) is 5.07. The molecule has 0 aliphatic rings. The first-order valence-electron chi connectivity index (χ1n) is 6.64. The van der Waals surface area contributed by atoms with Crippen LogP contribution in [0.3, 0.4) is 0 Å². The zero-order chi connectivity index (χ0) is 19.6. The van der Waals surface area contributed by atoms with E-state index in [0.717, 1.165) is 24.3 Å². The van der Waals surface area contributed by atoms with Crippen molar-refractivity contribution in [2.45, 2.75) is 6.42 Å². The Labute approximate surface area is 148 Å². The molecule has 0 N–H and O–H groups in total. The van der Waals surface area contributed by atoms with Crippen molar-refractivity contribution in [2.24, 2.45) is 0 Å². The van der Waals surface area contributed by atoms with Gasteiger partial charge in [-0.05, 0) is 11.6 Å². The Morgan fingerprint density at radius 3 is 1.73 bits per heavy atom. The molecule has 0 amide bonds. The number of nitro groups is 4. The molecule has 12 nitrogen and oxygen atoms in total. The molecule has 0 saturated heterocycles. The second-order valence-electron chi connectivity index (χ2n) is 4.96. The van der Waals surface area contributed by atoms with Gasteiger partial charge in [0.2, 0.25) is 0 Å². The summed E-state index contributed by atoms with van der Waals surface area (Å²) in [6, 6.07) is 4.48. The van der Waals surface area contributed by atoms with Crippen molar-refractivity contribution >= 4 is 34.4 Å². The van der Waals surface area contributed by atoms with Crippen molar-refractivity contribution in [3.63, 3.8) is 0 Å². The molecule has 0 aliphatic carbocycles. The summed E-state index contributed by atoms with van der Waals surface area (Å²) in [7, 11) is 0. The van der Waals surface area contributed by atoms with Gasteiger partial charge in [0.05, 0.1) is 31.8 Å². The normalized spacial score (nSPS) is 10.3. The van der Waals surface area contributed by atoms with Crippen LogP contribution in [0.15, 0.2) is 30.3 Å². The minimum absolute atomic E-state index is 0.0442. The molecule has 2 rings (SSSR count). The van der Waals surface area contributed by atoms with Crippen molar-refractivity contribution in [1.82, 2.24) is 0 Å². The molecule has 26 heavy (non-hydrogen) atoms. The molecular weight excluding hydrogens is 376 g/mol. The van der Waals surface area contributed by atoms with Crippen molar-refractivity contribution in [3.8, 4) is 0 Å². The highest BCUT2D eigenvalue weighted by Crippen LogP contribution is 2.36. The number of nitrogens with zero attached hydrogens (tertiary/aromatic N) is 4. The van der Waals surface area contributed by atoms with Crippen LogP contribution in [0.5, 0.6) is 0 Å². The summed E-state index contributed by atoms with van der Waals surface area (Å²) in [6.45, 7) is 0. The molecule has 0 aromatic heterocycles. The van der Waals surface area contributed by atoms with E-state index < -0.39 is 47.5 Å². The van der Waals surface area contributed by atoms with E-state index in [4.69, 9.17) is 11.6 Å². The molecule has 0 spiro atoms. The van der Waals surface area contributed by atoms with E-state index in [1.165, 1.54) is 0 Å². The topological polar surface area (TPSA) is 173 Å². The molecular formula is C13H7ClN4O8. The van der Waals surface area contributed by atoms with Gasteiger partial charge in [-0.3, -0.25) is 40.5 Å². The van der Waals surface area contributed by atoms with Crippen LogP contribution in [0.1, 0.15) is 11.1 Å². The maximum absolute atomic E-state index is 11.2. The van der Waals surface area contributed by atoms with Crippen LogP contribution in [0, 0.1) is 40.5 Å². The van der Waals surface area contributed by atoms with Gasteiger partial charge in [0, 0.05) is 24.1 Å². The summed E-state index contributed by atoms with van der Waals surface area (Å²) in [5.74, 6) is 0. The van der Waals surface area contributed by atoms with E-state index in [1.54, 1.807) is 0 Å². The first-order chi connectivity index (χ1) is 12.1. The molecule has 0 saturated carbocycles. The monoisotopic (exact) mass is 382 g/mol. The number of halogens is 1. The van der Waals surface area contributed by atoms with Crippen LogP contribution in [0.25, 0.3) is 0 Å². The third kappa shape index (κ3) is 3.70. The first kappa shape index (κ1) is 18.7. The van der Waals surface area contributed by atoms with E-state index in [2.05, 4.69) is 0 Å². The van der Waals surface area contributed by atoms with Crippen LogP contribution >= 0.6 is 11.6 Å². The molecule has 13 heteroatoms. The van der Waals surface area contributed by atoms with E-state index in [0.29, 0.717) is 6.07 Å². The zero-order valence-electron chi connectivity index (χ0n) is 12.5. The number of benzene rings is 2. The molecule has 0 radical (unpaired) electrons. The Balaban J connectivity index is 2.61. The van der Waals surface area contributed by atoms with E-state index in [1.807, 2.05) is 0 Å². The highest BCUT2D eigenvalue weighted by Gasteiger charge is 2.26. The van der Waals surface area contributed by atoms with E-state index in [9.17, 15) is 40.5 Å². The van der Waals surface area contributed by atoms with Crippen LogP contribution < -0.4 is 0 Å². The van der Waals surface area contributed by atoms with Crippen molar-refractivity contribution in [1.29, 1.82) is 0 Å². The minimum Gasteiger partial charge on any atom is -0.258 e. The average molecular weight is 383 g/mol. The van der Waals surface area contributed by atoms with Crippen LogP contribution in [0.2, 0.25) is 5.02 Å². The predicted molar refractivity (Wildman–Crippen MR) is 87.3 cm³/mol. The molecule has 0 fully saturated rings. The summed E-state index contributed by atoms with van der Waals surface area (Å²) >= 11 is 5.90. The van der Waals surface area contributed by atoms with Crippen LogP contribution in [-0.4, -0.2) is 19.7 Å². The Bertz CT molecular complexity index is 961. The largest absolute Gasteiger partial charge is 0.295 e. The summed E-state index contributed by atoms with van der Waals surface area (Å²) < 4.78 is 0. The van der Waals surface area contributed by atoms with Gasteiger partial charge in [-0.25, -0.2) is 0 Å². The average Bonchev–Trinajstić information content (AvgIpc) is 2.55. The van der Waals surface area contributed by atoms with E-state index >= 15 is 0 Å². The molecule has 0 aliphatic heterocycles. The van der Waals surface area contributed by atoms with Gasteiger partial charge >= 0.3 is 0 Å². The Hall–Kier alpha value is -3.67. The molecule has 0 atom stereocenters. The lowest BCUT2D eigenvalue weighted by Gasteiger charge is -2.06. The van der Waals surface area contributed by atoms with Gasteiger partial charge < -0.3 is 0 Å². The van der Waals surface area contributed by atoms with Gasteiger partial charge in [0.15, 0.2) is 0 Å². The van der Waals surface area contributed by atoms with Crippen LogP contribution in [-0.2, 0) is 6.42 Å². The SMILES string of the molecule is O=[N+]([O-])c1ccc(Cc2cc([N+](=O)[O-])cc([N+](=O)[O-])c2Cl)c([N+](=O)[O-])c1. The number of non-ortho nitro benzene ring substituents is 2. The van der Waals surface area contributed by atoms with Gasteiger partial charge in [-0.1, -0.05) is 11.6 Å². The Morgan fingerprint density at radius 2 is 1.23 bits per heavy atom. The third-order valence-corrected chi connectivity index (χ3v) is 3.81. The standard InChI is InChI=1S/C13H7ClN4O8/c14-13-8(4-10(16(21)22)6-12(13)18(25)26)3-7-1-2-9(15(19)20)5-11(7)17(23)24/h1-2,4-6H,3H2. The Morgan fingerprint density at radius 1 is 0.692 bits per heavy atom. The van der Waals surface area contributed by atoms with E-state index in [-0.39, 0.29) is 17.5 Å². The lowest BCUT2D eigenvalue weighted by Crippen LogP contribution is -2.01. The quantitative estimate of drug-likeness (QED) is 0.538. The number of rotatable bonds is 6. The maximum atomic E-state index is 11.2. The van der Waals surface area contributed by atoms with Crippen molar-refractivity contribution in [3.05, 3.63) is 86.9 Å². The maximum Gasteiger partial charge on any atom is 0.295 e. The highest BCUT2D eigenvalue weighted by molar-refractivity contribution is 6.33. The fourth-order valence-electron chi connectivity index (χ4n) is 2.21. The summed E-state index contributed by atoms with van der Waals surface area (Å²) in [6.07, 6.45) is -0.365. The molecule has 0 unspecified atom stereocenters. The van der Waals surface area contributed by atoms with Crippen molar-refractivity contribution in [2.75, 3.05) is 0 Å². The first-order valence-corrected chi connectivity index (χ1v) is 7.02. The lowest BCUT2D eigenvalue weighted by atomic mass is 10.0. The van der Waals surface area contributed by atoms with Crippen molar-refractivity contribution < 1.29 is 19.7 Å². The summed E-state index contributed by atoms with van der Waals surface area (Å²) in [4.78, 5) is 40.4. The number of hydrogen-bond donors (Lipinski definition) is 0. The molecule has 134 valence electrons. The summed E-state index contributed by atoms with van der Waals surface area (Å²) in [5, 5.41) is 43.5. The van der Waals surface area contributed by atoms with Crippen LogP contribution in [0.4, 0.5) is 22.7 Å². The fraction of sp³-hybridized carbons (Fsp3) is 0.0769. The number of hydrogen-bond acceptors (Lipinski definition) is 8. The molecule has 2 aromatic rings. The second-order valence-corrected chi connectivity index (χ2v) is 5.33. The number of nitro benzene ring substituents is 4. The molecule has 0 bridgehead atoms.